The Morgan fingerprint density at radius 1 is 1.18 bits per heavy atom. The van der Waals surface area contributed by atoms with Gasteiger partial charge in [0.05, 0.1) is 19.1 Å². The number of carbonyl (C=O) groups is 1. The Balaban J connectivity index is 1.84. The summed E-state index contributed by atoms with van der Waals surface area (Å²) in [5.41, 5.74) is 1.50. The molecule has 1 amide bonds. The average molecular weight is 322 g/mol. The molecule has 0 unspecified atom stereocenters. The molecule has 0 aliphatic heterocycles. The molecular weight excluding hydrogens is 304 g/mol. The number of nitrogens with one attached hydrogen (secondary N) is 2. The largest absolute Gasteiger partial charge is 0.467 e. The van der Waals surface area contributed by atoms with Crippen molar-refractivity contribution in [1.29, 1.82) is 0 Å². The maximum Gasteiger partial charge on any atom is 0.251 e. The minimum absolute atomic E-state index is 0.183. The Hall–Kier alpha value is -2.12. The lowest BCUT2D eigenvalue weighted by Gasteiger charge is -2.06. The molecule has 6 nitrogen and oxygen atoms in total. The molecule has 1 aromatic carbocycles. The van der Waals surface area contributed by atoms with Crippen molar-refractivity contribution in [3.05, 3.63) is 59.5 Å². The molecule has 2 aromatic rings. The summed E-state index contributed by atoms with van der Waals surface area (Å²) in [6, 6.07) is 10.6. The number of carbonyl (C=O) groups excluding carboxylic acids is 1. The highest BCUT2D eigenvalue weighted by atomic mass is 32.2. The first-order valence-electron chi connectivity index (χ1n) is 6.78. The van der Waals surface area contributed by atoms with Crippen LogP contribution >= 0.6 is 0 Å². The monoisotopic (exact) mass is 322 g/mol. The number of rotatable bonds is 7. The summed E-state index contributed by atoms with van der Waals surface area (Å²) in [5.74, 6) is 0.508. The fourth-order valence-corrected chi connectivity index (χ4v) is 2.36. The highest BCUT2D eigenvalue weighted by molar-refractivity contribution is 7.88. The van der Waals surface area contributed by atoms with Crippen LogP contribution in [-0.4, -0.2) is 27.1 Å². The molecule has 0 saturated heterocycles. The zero-order valence-electron chi connectivity index (χ0n) is 12.2. The maximum absolute atomic E-state index is 12.0. The number of hydrogen-bond donors (Lipinski definition) is 2. The standard InChI is InChI=1S/C15H18N2O4S/c1-22(19,20)17-9-8-12-4-6-13(7-5-12)15(18)16-11-14-3-2-10-21-14/h2-7,10,17H,8-9,11H2,1H3,(H,16,18). The third-order valence-corrected chi connectivity index (χ3v) is 3.73. The lowest BCUT2D eigenvalue weighted by Crippen LogP contribution is -2.24. The second-order valence-electron chi connectivity index (χ2n) is 4.88. The van der Waals surface area contributed by atoms with Gasteiger partial charge in [-0.15, -0.1) is 0 Å². The second kappa shape index (κ2) is 7.24. The van der Waals surface area contributed by atoms with Gasteiger partial charge in [-0.25, -0.2) is 13.1 Å². The molecule has 0 radical (unpaired) electrons. The summed E-state index contributed by atoms with van der Waals surface area (Å²) < 4.78 is 29.5. The van der Waals surface area contributed by atoms with E-state index in [-0.39, 0.29) is 5.91 Å². The van der Waals surface area contributed by atoms with Crippen molar-refractivity contribution in [3.63, 3.8) is 0 Å². The molecule has 22 heavy (non-hydrogen) atoms. The van der Waals surface area contributed by atoms with Crippen molar-refractivity contribution in [2.45, 2.75) is 13.0 Å². The molecular formula is C15H18N2O4S. The summed E-state index contributed by atoms with van der Waals surface area (Å²) >= 11 is 0. The van der Waals surface area contributed by atoms with Crippen LogP contribution < -0.4 is 10.0 Å². The van der Waals surface area contributed by atoms with Crippen molar-refractivity contribution in [2.75, 3.05) is 12.8 Å². The van der Waals surface area contributed by atoms with Crippen LogP contribution in [0.25, 0.3) is 0 Å². The number of hydrogen-bond acceptors (Lipinski definition) is 4. The van der Waals surface area contributed by atoms with Crippen LogP contribution in [0.5, 0.6) is 0 Å². The van der Waals surface area contributed by atoms with Gasteiger partial charge in [-0.1, -0.05) is 12.1 Å². The van der Waals surface area contributed by atoms with Crippen LogP contribution in [0.3, 0.4) is 0 Å². The van der Waals surface area contributed by atoms with Gasteiger partial charge in [0.2, 0.25) is 10.0 Å². The van der Waals surface area contributed by atoms with E-state index in [0.29, 0.717) is 30.8 Å². The molecule has 0 saturated carbocycles. The Kier molecular flexibility index (Phi) is 5.35. The topological polar surface area (TPSA) is 88.4 Å². The number of amides is 1. The maximum atomic E-state index is 12.0. The van der Waals surface area contributed by atoms with Crippen LogP contribution in [0.15, 0.2) is 47.1 Å². The molecule has 1 heterocycles. The molecule has 0 atom stereocenters. The van der Waals surface area contributed by atoms with E-state index in [1.54, 1.807) is 30.5 Å². The van der Waals surface area contributed by atoms with E-state index < -0.39 is 10.0 Å². The predicted molar refractivity (Wildman–Crippen MR) is 82.9 cm³/mol. The Morgan fingerprint density at radius 2 is 1.91 bits per heavy atom. The highest BCUT2D eigenvalue weighted by Crippen LogP contribution is 2.06. The van der Waals surface area contributed by atoms with Crippen molar-refractivity contribution >= 4 is 15.9 Å². The molecule has 2 N–H and O–H groups in total. The average Bonchev–Trinajstić information content (AvgIpc) is 2.97. The first-order chi connectivity index (χ1) is 10.4. The number of sulfonamides is 1. The molecule has 1 aromatic heterocycles. The number of furan rings is 1. The van der Waals surface area contributed by atoms with Crippen molar-refractivity contribution in [2.24, 2.45) is 0 Å². The first kappa shape index (κ1) is 16.3. The predicted octanol–water partition coefficient (Wildman–Crippen LogP) is 1.30. The first-order valence-corrected chi connectivity index (χ1v) is 8.67. The highest BCUT2D eigenvalue weighted by Gasteiger charge is 2.06. The molecule has 118 valence electrons. The van der Waals surface area contributed by atoms with E-state index in [0.717, 1.165) is 11.8 Å². The normalized spacial score (nSPS) is 11.3. The Morgan fingerprint density at radius 3 is 2.50 bits per heavy atom. The van der Waals surface area contributed by atoms with Gasteiger partial charge in [0.1, 0.15) is 5.76 Å². The van der Waals surface area contributed by atoms with Gasteiger partial charge in [-0.3, -0.25) is 4.79 Å². The van der Waals surface area contributed by atoms with Crippen LogP contribution in [-0.2, 0) is 23.0 Å². The van der Waals surface area contributed by atoms with E-state index in [1.807, 2.05) is 12.1 Å². The van der Waals surface area contributed by atoms with E-state index >= 15 is 0 Å². The van der Waals surface area contributed by atoms with Crippen molar-refractivity contribution in [3.8, 4) is 0 Å². The van der Waals surface area contributed by atoms with Gasteiger partial charge < -0.3 is 9.73 Å². The van der Waals surface area contributed by atoms with Crippen LogP contribution in [0.1, 0.15) is 21.7 Å². The lowest BCUT2D eigenvalue weighted by molar-refractivity contribution is 0.0948. The van der Waals surface area contributed by atoms with Crippen LogP contribution in [0, 0.1) is 0 Å². The zero-order valence-corrected chi connectivity index (χ0v) is 13.0. The van der Waals surface area contributed by atoms with Crippen molar-refractivity contribution < 1.29 is 17.6 Å². The molecule has 2 rings (SSSR count). The lowest BCUT2D eigenvalue weighted by atomic mass is 10.1. The van der Waals surface area contributed by atoms with Crippen molar-refractivity contribution in [1.82, 2.24) is 10.0 Å². The van der Waals surface area contributed by atoms with E-state index in [9.17, 15) is 13.2 Å². The molecule has 0 spiro atoms. The summed E-state index contributed by atoms with van der Waals surface area (Å²) in [6.45, 7) is 0.675. The van der Waals surface area contributed by atoms with Gasteiger partial charge in [-0.05, 0) is 36.2 Å². The van der Waals surface area contributed by atoms with Gasteiger partial charge in [0.25, 0.3) is 5.91 Å². The van der Waals surface area contributed by atoms with Gasteiger partial charge in [0.15, 0.2) is 0 Å². The molecule has 0 bridgehead atoms. The fourth-order valence-electron chi connectivity index (χ4n) is 1.89. The third-order valence-electron chi connectivity index (χ3n) is 3.00. The van der Waals surface area contributed by atoms with Gasteiger partial charge in [-0.2, -0.15) is 0 Å². The minimum atomic E-state index is -3.17. The number of benzene rings is 1. The summed E-state index contributed by atoms with van der Waals surface area (Å²) in [7, 11) is -3.17. The summed E-state index contributed by atoms with van der Waals surface area (Å²) in [6.07, 6.45) is 3.25. The quantitative estimate of drug-likeness (QED) is 0.804. The van der Waals surface area contributed by atoms with Crippen LogP contribution in [0.2, 0.25) is 0 Å². The Bertz CT molecular complexity index is 707. The molecule has 0 aliphatic rings. The fraction of sp³-hybridized carbons (Fsp3) is 0.267. The van der Waals surface area contributed by atoms with E-state index in [1.165, 1.54) is 0 Å². The zero-order chi connectivity index (χ0) is 16.0. The summed E-state index contributed by atoms with van der Waals surface area (Å²) in [4.78, 5) is 12.0. The molecule has 7 heteroatoms. The summed E-state index contributed by atoms with van der Waals surface area (Å²) in [5, 5.41) is 2.76. The minimum Gasteiger partial charge on any atom is -0.467 e. The smallest absolute Gasteiger partial charge is 0.251 e. The molecule has 0 aliphatic carbocycles. The van der Waals surface area contributed by atoms with Crippen LogP contribution in [0.4, 0.5) is 0 Å². The van der Waals surface area contributed by atoms with E-state index in [4.69, 9.17) is 4.42 Å². The second-order valence-corrected chi connectivity index (χ2v) is 6.71. The van der Waals surface area contributed by atoms with Gasteiger partial charge in [0, 0.05) is 12.1 Å². The van der Waals surface area contributed by atoms with E-state index in [2.05, 4.69) is 10.0 Å². The van der Waals surface area contributed by atoms with Gasteiger partial charge >= 0.3 is 0 Å². The SMILES string of the molecule is CS(=O)(=O)NCCc1ccc(C(=O)NCc2ccco2)cc1. The third kappa shape index (κ3) is 5.34. The molecule has 0 fully saturated rings. The Labute approximate surface area is 129 Å².